The van der Waals surface area contributed by atoms with Gasteiger partial charge in [0.2, 0.25) is 0 Å². The average Bonchev–Trinajstić information content (AvgIpc) is 0.908. The minimum Gasteiger partial charge on any atom is -0.462 e. The molecular weight excluding hydrogens is 1330 g/mol. The molecule has 0 aliphatic carbocycles. The number of hydrogen-bond acceptors (Lipinski definition) is 15. The first-order valence-electron chi connectivity index (χ1n) is 42.3. The minimum absolute atomic E-state index is 0.102. The average molecular weight is 1490 g/mol. The van der Waals surface area contributed by atoms with Crippen LogP contribution >= 0.6 is 15.6 Å². The van der Waals surface area contributed by atoms with Gasteiger partial charge in [0.25, 0.3) is 0 Å². The molecule has 3 unspecified atom stereocenters. The van der Waals surface area contributed by atoms with Crippen molar-refractivity contribution in [1.82, 2.24) is 0 Å². The van der Waals surface area contributed by atoms with E-state index < -0.39 is 97.5 Å². The van der Waals surface area contributed by atoms with Crippen LogP contribution in [0.15, 0.2) is 24.3 Å². The molecule has 0 aromatic heterocycles. The lowest BCUT2D eigenvalue weighted by Crippen LogP contribution is -2.30. The number of ether oxygens (including phenoxy) is 4. The summed E-state index contributed by atoms with van der Waals surface area (Å²) in [6, 6.07) is 0. The molecular formula is C83H158O17P2. The van der Waals surface area contributed by atoms with Gasteiger partial charge in [-0.05, 0) is 63.2 Å². The van der Waals surface area contributed by atoms with Gasteiger partial charge in [0.15, 0.2) is 12.2 Å². The Bertz CT molecular complexity index is 2060. The van der Waals surface area contributed by atoms with Crippen LogP contribution in [0.3, 0.4) is 0 Å². The van der Waals surface area contributed by atoms with E-state index in [4.69, 9.17) is 37.0 Å². The van der Waals surface area contributed by atoms with E-state index in [2.05, 4.69) is 65.8 Å². The van der Waals surface area contributed by atoms with E-state index in [-0.39, 0.29) is 25.7 Å². The number of aliphatic hydroxyl groups excluding tert-OH is 1. The molecule has 3 N–H and O–H groups in total. The molecule has 0 heterocycles. The molecule has 0 aromatic carbocycles. The normalized spacial score (nSPS) is 14.3. The third-order valence-electron chi connectivity index (χ3n) is 19.2. The number of rotatable bonds is 80. The van der Waals surface area contributed by atoms with E-state index in [1.54, 1.807) is 0 Å². The van der Waals surface area contributed by atoms with E-state index in [1.165, 1.54) is 205 Å². The Kier molecular flexibility index (Phi) is 72.2. The second kappa shape index (κ2) is 74.0. The van der Waals surface area contributed by atoms with Crippen molar-refractivity contribution in [2.45, 2.75) is 432 Å². The summed E-state index contributed by atoms with van der Waals surface area (Å²) >= 11 is 0. The molecule has 602 valence electrons. The third-order valence-corrected chi connectivity index (χ3v) is 21.1. The number of phosphoric ester groups is 2. The smallest absolute Gasteiger partial charge is 0.462 e. The van der Waals surface area contributed by atoms with Crippen molar-refractivity contribution in [1.29, 1.82) is 0 Å². The molecule has 0 aliphatic heterocycles. The molecule has 102 heavy (non-hydrogen) atoms. The lowest BCUT2D eigenvalue weighted by Gasteiger charge is -2.21. The minimum atomic E-state index is -4.97. The first-order valence-corrected chi connectivity index (χ1v) is 45.3. The fourth-order valence-corrected chi connectivity index (χ4v) is 13.9. The SMILES string of the molecule is CCCCCC/C=C\C=C/CCCCCCCC(=O)OC[C@H](COP(=O)(O)OC[C@@H](O)COP(=O)(O)OC[C@@H](COC(=O)CCCCCCCCC(C)CC)OC(=O)CCCCCCCCCCCCCCC(C)C)OC(=O)CCCCCCCCCCCCCCCCCCCCCCCC. The van der Waals surface area contributed by atoms with Gasteiger partial charge in [-0.2, -0.15) is 0 Å². The lowest BCUT2D eigenvalue weighted by atomic mass is 10.00. The van der Waals surface area contributed by atoms with Gasteiger partial charge in [0.05, 0.1) is 26.4 Å². The molecule has 0 fully saturated rings. The van der Waals surface area contributed by atoms with E-state index in [0.717, 1.165) is 127 Å². The fourth-order valence-electron chi connectivity index (χ4n) is 12.3. The third kappa shape index (κ3) is 74.4. The standard InChI is InChI=1S/C83H158O17P2/c1-7-10-12-14-16-18-20-22-24-25-26-27-28-29-30-32-34-39-43-47-55-61-67-82(87)99-78(71-93-80(85)65-59-53-46-42-38-33-31-23-21-19-17-15-13-11-8-2)73-97-101(89,90)95-69-77(84)70-96-102(91,92)98-74-79(72-94-81(86)66-60-54-50-49-52-58-64-76(6)9-3)100-83(88)68-62-56-48-44-40-36-35-37-41-45-51-57-63-75(4)5/h19,21,23,31,75-79,84H,7-18,20,22,24-30,32-74H2,1-6H3,(H,89,90)(H,91,92)/b21-19-,31-23-/t76?,77-,78-,79-/m1/s1. The van der Waals surface area contributed by atoms with Crippen molar-refractivity contribution in [2.24, 2.45) is 11.8 Å². The first-order chi connectivity index (χ1) is 49.4. The van der Waals surface area contributed by atoms with Crippen LogP contribution in [0.2, 0.25) is 0 Å². The maximum absolute atomic E-state index is 13.1. The van der Waals surface area contributed by atoms with E-state index >= 15 is 0 Å². The second-order valence-electron chi connectivity index (χ2n) is 29.9. The number of esters is 4. The van der Waals surface area contributed by atoms with Gasteiger partial charge in [-0.3, -0.25) is 37.3 Å². The molecule has 0 amide bonds. The maximum atomic E-state index is 13.1. The van der Waals surface area contributed by atoms with Gasteiger partial charge in [-0.15, -0.1) is 0 Å². The first kappa shape index (κ1) is 99.5. The predicted molar refractivity (Wildman–Crippen MR) is 418 cm³/mol. The largest absolute Gasteiger partial charge is 0.472 e. The number of carbonyl (C=O) groups is 4. The summed E-state index contributed by atoms with van der Waals surface area (Å²) in [5.74, 6) is -0.635. The number of hydrogen-bond donors (Lipinski definition) is 3. The van der Waals surface area contributed by atoms with Crippen LogP contribution in [0.4, 0.5) is 0 Å². The van der Waals surface area contributed by atoms with Crippen LogP contribution in [0.5, 0.6) is 0 Å². The van der Waals surface area contributed by atoms with Crippen molar-refractivity contribution < 1.29 is 80.2 Å². The zero-order valence-electron chi connectivity index (χ0n) is 66.4. The molecule has 0 bridgehead atoms. The Hall–Kier alpha value is -2.46. The number of allylic oxidation sites excluding steroid dienone is 4. The molecule has 19 heteroatoms. The molecule has 6 atom stereocenters. The zero-order valence-corrected chi connectivity index (χ0v) is 68.2. The summed E-state index contributed by atoms with van der Waals surface area (Å²) < 4.78 is 68.7. The Balaban J connectivity index is 5.25. The van der Waals surface area contributed by atoms with E-state index in [1.807, 2.05) is 0 Å². The predicted octanol–water partition coefficient (Wildman–Crippen LogP) is 24.6. The van der Waals surface area contributed by atoms with Crippen molar-refractivity contribution in [3.63, 3.8) is 0 Å². The van der Waals surface area contributed by atoms with Crippen LogP contribution in [0.25, 0.3) is 0 Å². The van der Waals surface area contributed by atoms with Crippen LogP contribution in [-0.2, 0) is 65.4 Å². The zero-order chi connectivity index (χ0) is 74.9. The highest BCUT2D eigenvalue weighted by Gasteiger charge is 2.30. The van der Waals surface area contributed by atoms with Gasteiger partial charge in [0, 0.05) is 25.7 Å². The van der Waals surface area contributed by atoms with Crippen molar-refractivity contribution in [2.75, 3.05) is 39.6 Å². The molecule has 0 saturated heterocycles. The van der Waals surface area contributed by atoms with Crippen LogP contribution in [0, 0.1) is 11.8 Å². The number of unbranched alkanes of at least 4 members (excludes halogenated alkanes) is 46. The summed E-state index contributed by atoms with van der Waals surface area (Å²) in [5.41, 5.74) is 0. The highest BCUT2D eigenvalue weighted by Crippen LogP contribution is 2.45. The monoisotopic (exact) mass is 1490 g/mol. The van der Waals surface area contributed by atoms with Crippen LogP contribution < -0.4 is 0 Å². The van der Waals surface area contributed by atoms with Gasteiger partial charge in [-0.25, -0.2) is 9.13 Å². The van der Waals surface area contributed by atoms with Gasteiger partial charge >= 0.3 is 39.5 Å². The van der Waals surface area contributed by atoms with Gasteiger partial charge < -0.3 is 33.8 Å². The van der Waals surface area contributed by atoms with E-state index in [9.17, 15) is 43.2 Å². The van der Waals surface area contributed by atoms with E-state index in [0.29, 0.717) is 25.7 Å². The Labute approximate surface area is 624 Å². The summed E-state index contributed by atoms with van der Waals surface area (Å²) in [7, 11) is -9.93. The Morgan fingerprint density at radius 2 is 0.578 bits per heavy atom. The summed E-state index contributed by atoms with van der Waals surface area (Å²) in [6.45, 7) is 9.54. The molecule has 0 saturated carbocycles. The molecule has 0 aromatic rings. The molecule has 0 radical (unpaired) electrons. The van der Waals surface area contributed by atoms with Crippen molar-refractivity contribution >= 4 is 39.5 Å². The van der Waals surface area contributed by atoms with Crippen molar-refractivity contribution in [3.05, 3.63) is 24.3 Å². The topological polar surface area (TPSA) is 237 Å². The number of aliphatic hydroxyl groups is 1. The highest BCUT2D eigenvalue weighted by atomic mass is 31.2. The maximum Gasteiger partial charge on any atom is 0.472 e. The van der Waals surface area contributed by atoms with Crippen molar-refractivity contribution in [3.8, 4) is 0 Å². The van der Waals surface area contributed by atoms with Crippen LogP contribution in [-0.4, -0.2) is 96.7 Å². The Morgan fingerprint density at radius 3 is 0.882 bits per heavy atom. The molecule has 0 spiro atoms. The number of carbonyl (C=O) groups excluding carboxylic acids is 4. The quantitative estimate of drug-likeness (QED) is 0.0169. The molecule has 0 rings (SSSR count). The second-order valence-corrected chi connectivity index (χ2v) is 32.8. The lowest BCUT2D eigenvalue weighted by molar-refractivity contribution is -0.161. The fraction of sp³-hybridized carbons (Fsp3) is 0.904. The summed E-state index contributed by atoms with van der Waals surface area (Å²) in [4.78, 5) is 73.0. The van der Waals surface area contributed by atoms with Gasteiger partial charge in [-0.1, -0.05) is 361 Å². The summed E-state index contributed by atoms with van der Waals surface area (Å²) in [5, 5.41) is 10.6. The summed E-state index contributed by atoms with van der Waals surface area (Å²) in [6.07, 6.45) is 67.6. The van der Waals surface area contributed by atoms with Crippen LogP contribution in [0.1, 0.15) is 414 Å². The Morgan fingerprint density at radius 1 is 0.324 bits per heavy atom. The van der Waals surface area contributed by atoms with Gasteiger partial charge in [0.1, 0.15) is 19.3 Å². The molecule has 0 aliphatic rings. The molecule has 17 nitrogen and oxygen atoms in total. The number of phosphoric acid groups is 2. The highest BCUT2D eigenvalue weighted by molar-refractivity contribution is 7.47.